The van der Waals surface area contributed by atoms with Crippen LogP contribution in [0, 0.1) is 11.7 Å². The van der Waals surface area contributed by atoms with Crippen molar-refractivity contribution in [3.05, 3.63) is 47.5 Å². The molecular formula is C21H27FN4O3. The summed E-state index contributed by atoms with van der Waals surface area (Å²) >= 11 is 0. The molecule has 1 aliphatic rings. The van der Waals surface area contributed by atoms with Crippen LogP contribution in [-0.2, 0) is 29.5 Å². The third kappa shape index (κ3) is 6.04. The van der Waals surface area contributed by atoms with Gasteiger partial charge < -0.3 is 15.3 Å². The van der Waals surface area contributed by atoms with Gasteiger partial charge >= 0.3 is 0 Å². The first-order valence-corrected chi connectivity index (χ1v) is 9.90. The molecule has 1 aromatic carbocycles. The van der Waals surface area contributed by atoms with E-state index in [0.29, 0.717) is 44.0 Å². The smallest absolute Gasteiger partial charge is 0.226 e. The number of aromatic hydroxyl groups is 1. The lowest BCUT2D eigenvalue weighted by atomic mass is 9.96. The van der Waals surface area contributed by atoms with E-state index in [2.05, 4.69) is 10.4 Å². The first kappa shape index (κ1) is 20.8. The molecule has 1 saturated heterocycles. The van der Waals surface area contributed by atoms with Crippen LogP contribution in [0.2, 0.25) is 0 Å². The molecule has 29 heavy (non-hydrogen) atoms. The predicted molar refractivity (Wildman–Crippen MR) is 106 cm³/mol. The Labute approximate surface area is 169 Å². The monoisotopic (exact) mass is 402 g/mol. The number of halogens is 1. The summed E-state index contributed by atoms with van der Waals surface area (Å²) in [5, 5.41) is 16.3. The number of piperidine rings is 1. The summed E-state index contributed by atoms with van der Waals surface area (Å²) in [5.41, 5.74) is 1.59. The van der Waals surface area contributed by atoms with Gasteiger partial charge in [0.2, 0.25) is 11.8 Å². The van der Waals surface area contributed by atoms with Crippen LogP contribution >= 0.6 is 0 Å². The molecule has 8 heteroatoms. The van der Waals surface area contributed by atoms with Crippen LogP contribution in [0.3, 0.4) is 0 Å². The van der Waals surface area contributed by atoms with Crippen molar-refractivity contribution in [2.45, 2.75) is 32.1 Å². The number of aromatic nitrogens is 2. The Balaban J connectivity index is 1.35. The summed E-state index contributed by atoms with van der Waals surface area (Å²) in [7, 11) is 1.85. The van der Waals surface area contributed by atoms with E-state index >= 15 is 0 Å². The van der Waals surface area contributed by atoms with E-state index in [9.17, 15) is 19.1 Å². The Morgan fingerprint density at radius 3 is 2.69 bits per heavy atom. The summed E-state index contributed by atoms with van der Waals surface area (Å²) in [6, 6.07) is 4.02. The van der Waals surface area contributed by atoms with Crippen LogP contribution < -0.4 is 5.32 Å². The zero-order valence-corrected chi connectivity index (χ0v) is 16.6. The van der Waals surface area contributed by atoms with Gasteiger partial charge in [0.1, 0.15) is 0 Å². The number of likely N-dealkylation sites (tertiary alicyclic amines) is 1. The van der Waals surface area contributed by atoms with E-state index in [1.807, 2.05) is 13.2 Å². The second-order valence-electron chi connectivity index (χ2n) is 7.61. The van der Waals surface area contributed by atoms with Crippen LogP contribution in [-0.4, -0.2) is 51.2 Å². The summed E-state index contributed by atoms with van der Waals surface area (Å²) < 4.78 is 15.1. The van der Waals surface area contributed by atoms with Crippen LogP contribution in [0.25, 0.3) is 0 Å². The number of nitrogens with zero attached hydrogens (tertiary/aromatic N) is 3. The summed E-state index contributed by atoms with van der Waals surface area (Å²) in [4.78, 5) is 26.2. The predicted octanol–water partition coefficient (Wildman–Crippen LogP) is 1.79. The van der Waals surface area contributed by atoms with Crippen molar-refractivity contribution in [1.29, 1.82) is 0 Å². The maximum Gasteiger partial charge on any atom is 0.226 e. The summed E-state index contributed by atoms with van der Waals surface area (Å²) in [6.07, 6.45) is 6.57. The van der Waals surface area contributed by atoms with E-state index in [1.165, 1.54) is 12.1 Å². The minimum atomic E-state index is -0.715. The normalized spacial score (nSPS) is 14.8. The molecule has 0 saturated carbocycles. The van der Waals surface area contributed by atoms with Gasteiger partial charge in [0.05, 0.1) is 12.6 Å². The van der Waals surface area contributed by atoms with Crippen molar-refractivity contribution in [3.63, 3.8) is 0 Å². The number of rotatable bonds is 7. The van der Waals surface area contributed by atoms with Crippen LogP contribution in [0.1, 0.15) is 30.4 Å². The van der Waals surface area contributed by atoms with Gasteiger partial charge in [-0.3, -0.25) is 14.3 Å². The average Bonchev–Trinajstić information content (AvgIpc) is 3.13. The fourth-order valence-electron chi connectivity index (χ4n) is 3.54. The van der Waals surface area contributed by atoms with E-state index in [4.69, 9.17) is 0 Å². The van der Waals surface area contributed by atoms with Crippen molar-refractivity contribution in [3.8, 4) is 5.75 Å². The molecule has 7 nitrogen and oxygen atoms in total. The number of amides is 2. The van der Waals surface area contributed by atoms with Crippen molar-refractivity contribution >= 4 is 11.8 Å². The first-order chi connectivity index (χ1) is 13.9. The van der Waals surface area contributed by atoms with Gasteiger partial charge in [-0.25, -0.2) is 4.39 Å². The first-order valence-electron chi connectivity index (χ1n) is 9.90. The van der Waals surface area contributed by atoms with Gasteiger partial charge in [0.15, 0.2) is 11.6 Å². The van der Waals surface area contributed by atoms with E-state index in [-0.39, 0.29) is 18.2 Å². The lowest BCUT2D eigenvalue weighted by Gasteiger charge is -2.32. The highest BCUT2D eigenvalue weighted by Gasteiger charge is 2.23. The van der Waals surface area contributed by atoms with E-state index < -0.39 is 11.6 Å². The Bertz CT molecular complexity index is 859. The zero-order valence-electron chi connectivity index (χ0n) is 16.6. The summed E-state index contributed by atoms with van der Waals surface area (Å²) in [6.45, 7) is 1.89. The molecule has 2 N–H and O–H groups in total. The van der Waals surface area contributed by atoms with Crippen LogP contribution in [0.5, 0.6) is 5.75 Å². The highest BCUT2D eigenvalue weighted by atomic mass is 19.1. The Kier molecular flexibility index (Phi) is 6.85. The maximum absolute atomic E-state index is 13.4. The Hall–Kier alpha value is -2.90. The number of hydrogen-bond donors (Lipinski definition) is 2. The Morgan fingerprint density at radius 2 is 2.03 bits per heavy atom. The second kappa shape index (κ2) is 9.54. The third-order valence-electron chi connectivity index (χ3n) is 5.32. The topological polar surface area (TPSA) is 87.5 Å². The quantitative estimate of drug-likeness (QED) is 0.739. The van der Waals surface area contributed by atoms with Crippen LogP contribution in [0.15, 0.2) is 30.6 Å². The molecule has 156 valence electrons. The molecule has 2 heterocycles. The third-order valence-corrected chi connectivity index (χ3v) is 5.32. The number of carbonyl (C=O) groups excluding carboxylic acids is 2. The van der Waals surface area contributed by atoms with Gasteiger partial charge in [0, 0.05) is 39.3 Å². The molecule has 0 spiro atoms. The van der Waals surface area contributed by atoms with Gasteiger partial charge in [-0.2, -0.15) is 5.10 Å². The van der Waals surface area contributed by atoms with Gasteiger partial charge in [-0.1, -0.05) is 6.07 Å². The summed E-state index contributed by atoms with van der Waals surface area (Å²) in [5.74, 6) is -0.791. The maximum atomic E-state index is 13.4. The van der Waals surface area contributed by atoms with E-state index in [1.54, 1.807) is 21.8 Å². The molecule has 0 unspecified atom stereocenters. The molecule has 0 atom stereocenters. The zero-order chi connectivity index (χ0) is 20.8. The number of phenolic OH excluding ortho intramolecular Hbond substituents is 1. The van der Waals surface area contributed by atoms with Gasteiger partial charge in [-0.05, 0) is 48.4 Å². The van der Waals surface area contributed by atoms with E-state index in [0.717, 1.165) is 18.4 Å². The molecule has 0 bridgehead atoms. The molecule has 1 aliphatic heterocycles. The van der Waals surface area contributed by atoms with Crippen molar-refractivity contribution in [1.82, 2.24) is 20.0 Å². The van der Waals surface area contributed by atoms with Gasteiger partial charge in [-0.15, -0.1) is 0 Å². The highest BCUT2D eigenvalue weighted by molar-refractivity contribution is 5.79. The molecule has 0 aliphatic carbocycles. The number of carbonyl (C=O) groups is 2. The lowest BCUT2D eigenvalue weighted by molar-refractivity contribution is -0.132. The number of benzene rings is 1. The largest absolute Gasteiger partial charge is 0.505 e. The molecule has 0 radical (unpaired) electrons. The number of nitrogens with one attached hydrogen (secondary N) is 1. The number of hydrogen-bond acceptors (Lipinski definition) is 4. The van der Waals surface area contributed by atoms with Crippen LogP contribution in [0.4, 0.5) is 4.39 Å². The minimum absolute atomic E-state index is 0.0294. The number of phenols is 1. The Morgan fingerprint density at radius 1 is 1.28 bits per heavy atom. The average molecular weight is 402 g/mol. The SMILES string of the molecule is Cn1cc(CCC(=O)NCC2CCN(C(=O)Cc3ccc(O)c(F)c3)CC2)cn1. The minimum Gasteiger partial charge on any atom is -0.505 e. The fourth-order valence-corrected chi connectivity index (χ4v) is 3.54. The lowest BCUT2D eigenvalue weighted by Crippen LogP contribution is -2.42. The highest BCUT2D eigenvalue weighted by Crippen LogP contribution is 2.20. The van der Waals surface area contributed by atoms with Crippen molar-refractivity contribution < 1.29 is 19.1 Å². The molecule has 1 aromatic heterocycles. The molecule has 2 aromatic rings. The number of aryl methyl sites for hydroxylation is 2. The molecule has 3 rings (SSSR count). The van der Waals surface area contributed by atoms with Crippen molar-refractivity contribution in [2.75, 3.05) is 19.6 Å². The second-order valence-corrected chi connectivity index (χ2v) is 7.61. The van der Waals surface area contributed by atoms with Crippen molar-refractivity contribution in [2.24, 2.45) is 13.0 Å². The van der Waals surface area contributed by atoms with Gasteiger partial charge in [0.25, 0.3) is 0 Å². The molecular weight excluding hydrogens is 375 g/mol. The molecule has 1 fully saturated rings. The standard InChI is InChI=1S/C21H27FN4O3/c1-25-14-17(13-24-25)3-5-20(28)23-12-15-6-8-26(9-7-15)21(29)11-16-2-4-19(27)18(22)10-16/h2,4,10,13-15,27H,3,5-9,11-12H2,1H3,(H,23,28). The molecule has 2 amide bonds. The fraction of sp³-hybridized carbons (Fsp3) is 0.476.